The Balaban J connectivity index is 1.89. The number of hydrogen-bond donors (Lipinski definition) is 0. The van der Waals surface area contributed by atoms with Crippen LogP contribution < -0.4 is 4.90 Å². The molecule has 1 aliphatic carbocycles. The molecular weight excluding hydrogens is 262 g/mol. The summed E-state index contributed by atoms with van der Waals surface area (Å²) in [5.41, 5.74) is 3.37. The summed E-state index contributed by atoms with van der Waals surface area (Å²) in [6.07, 6.45) is 5.08. The smallest absolute Gasteiger partial charge is 0.193 e. The van der Waals surface area contributed by atoms with E-state index in [1.807, 2.05) is 55.4 Å². The normalized spacial score (nSPS) is 15.9. The average molecular weight is 279 g/mol. The van der Waals surface area contributed by atoms with E-state index >= 15 is 0 Å². The maximum Gasteiger partial charge on any atom is 0.193 e. The molecule has 2 aromatic rings. The van der Waals surface area contributed by atoms with Crippen molar-refractivity contribution in [3.8, 4) is 0 Å². The second-order valence-corrected chi connectivity index (χ2v) is 5.21. The van der Waals surface area contributed by atoms with Crippen molar-refractivity contribution in [1.82, 2.24) is 9.97 Å². The molecule has 0 atom stereocenters. The van der Waals surface area contributed by atoms with E-state index < -0.39 is 0 Å². The SMILES string of the molecule is Cc1ncc2c(n1)CC/C(=C\N(C)c1ccccc1)C2=O. The number of fused-ring (bicyclic) bond motifs is 1. The molecule has 0 aliphatic heterocycles. The van der Waals surface area contributed by atoms with Crippen LogP contribution in [0.3, 0.4) is 0 Å². The number of benzene rings is 1. The predicted octanol–water partition coefficient (Wildman–Crippen LogP) is 2.93. The van der Waals surface area contributed by atoms with Crippen molar-refractivity contribution in [1.29, 1.82) is 0 Å². The molecule has 0 unspecified atom stereocenters. The first-order valence-electron chi connectivity index (χ1n) is 7.01. The summed E-state index contributed by atoms with van der Waals surface area (Å²) in [7, 11) is 1.96. The van der Waals surface area contributed by atoms with Gasteiger partial charge in [0.25, 0.3) is 0 Å². The van der Waals surface area contributed by atoms with Crippen LogP contribution in [0.15, 0.2) is 48.3 Å². The van der Waals surface area contributed by atoms with E-state index in [2.05, 4.69) is 9.97 Å². The van der Waals surface area contributed by atoms with Crippen LogP contribution in [0.4, 0.5) is 5.69 Å². The van der Waals surface area contributed by atoms with E-state index in [0.29, 0.717) is 5.56 Å². The van der Waals surface area contributed by atoms with Crippen LogP contribution in [0.2, 0.25) is 0 Å². The molecule has 106 valence electrons. The van der Waals surface area contributed by atoms with Crippen molar-refractivity contribution in [2.24, 2.45) is 0 Å². The fraction of sp³-hybridized carbons (Fsp3) is 0.235. The van der Waals surface area contributed by atoms with Crippen molar-refractivity contribution in [3.05, 3.63) is 65.4 Å². The van der Waals surface area contributed by atoms with Crippen LogP contribution in [0.25, 0.3) is 0 Å². The van der Waals surface area contributed by atoms with E-state index in [1.54, 1.807) is 6.20 Å². The number of hydrogen-bond acceptors (Lipinski definition) is 4. The first kappa shape index (κ1) is 13.5. The van der Waals surface area contributed by atoms with Crippen molar-refractivity contribution >= 4 is 11.5 Å². The maximum atomic E-state index is 12.5. The molecule has 3 rings (SSSR count). The Morgan fingerprint density at radius 2 is 1.95 bits per heavy atom. The fourth-order valence-corrected chi connectivity index (χ4v) is 2.53. The van der Waals surface area contributed by atoms with E-state index in [1.165, 1.54) is 0 Å². The third-order valence-electron chi connectivity index (χ3n) is 3.67. The highest BCUT2D eigenvalue weighted by Gasteiger charge is 2.24. The Hall–Kier alpha value is -2.49. The van der Waals surface area contributed by atoms with Crippen molar-refractivity contribution in [3.63, 3.8) is 0 Å². The second kappa shape index (κ2) is 5.48. The standard InChI is InChI=1S/C17H17N3O/c1-12-18-10-15-16(19-12)9-8-13(17(15)21)11-20(2)14-6-4-3-5-7-14/h3-7,10-11H,8-9H2,1-2H3/b13-11+. The van der Waals surface area contributed by atoms with Gasteiger partial charge >= 0.3 is 0 Å². The molecule has 1 aliphatic rings. The molecule has 0 N–H and O–H groups in total. The Morgan fingerprint density at radius 3 is 2.71 bits per heavy atom. The zero-order valence-corrected chi connectivity index (χ0v) is 12.2. The van der Waals surface area contributed by atoms with Gasteiger partial charge in [-0.25, -0.2) is 9.97 Å². The molecule has 1 heterocycles. The quantitative estimate of drug-likeness (QED) is 0.793. The van der Waals surface area contributed by atoms with Crippen LogP contribution in [-0.2, 0) is 6.42 Å². The van der Waals surface area contributed by atoms with Gasteiger partial charge in [-0.15, -0.1) is 0 Å². The summed E-state index contributed by atoms with van der Waals surface area (Å²) < 4.78 is 0. The summed E-state index contributed by atoms with van der Waals surface area (Å²) in [4.78, 5) is 23.0. The molecule has 0 saturated heterocycles. The lowest BCUT2D eigenvalue weighted by molar-refractivity contribution is 0.102. The van der Waals surface area contributed by atoms with Gasteiger partial charge in [0, 0.05) is 30.7 Å². The number of anilines is 1. The Bertz CT molecular complexity index is 707. The van der Waals surface area contributed by atoms with Gasteiger partial charge in [-0.05, 0) is 31.9 Å². The number of Topliss-reactive ketones (excluding diaryl/α,β-unsaturated/α-hetero) is 1. The minimum Gasteiger partial charge on any atom is -0.351 e. The number of allylic oxidation sites excluding steroid dienone is 1. The number of aromatic nitrogens is 2. The first-order valence-corrected chi connectivity index (χ1v) is 7.01. The lowest BCUT2D eigenvalue weighted by atomic mass is 9.91. The number of carbonyl (C=O) groups is 1. The minimum atomic E-state index is 0.0408. The summed E-state index contributed by atoms with van der Waals surface area (Å²) in [6, 6.07) is 9.99. The van der Waals surface area contributed by atoms with E-state index in [-0.39, 0.29) is 5.78 Å². The second-order valence-electron chi connectivity index (χ2n) is 5.21. The van der Waals surface area contributed by atoms with Gasteiger partial charge in [0.2, 0.25) is 0 Å². The number of rotatable bonds is 2. The molecule has 1 aromatic carbocycles. The Labute approximate surface area is 124 Å². The van der Waals surface area contributed by atoms with Crippen LogP contribution in [0, 0.1) is 6.92 Å². The number of ketones is 1. The Morgan fingerprint density at radius 1 is 1.19 bits per heavy atom. The maximum absolute atomic E-state index is 12.5. The molecule has 0 fully saturated rings. The largest absolute Gasteiger partial charge is 0.351 e. The first-order chi connectivity index (χ1) is 10.1. The van der Waals surface area contributed by atoms with Crippen LogP contribution in [0.5, 0.6) is 0 Å². The molecular formula is C17H17N3O. The molecule has 0 saturated carbocycles. The summed E-state index contributed by atoms with van der Waals surface area (Å²) in [5, 5.41) is 0. The summed E-state index contributed by atoms with van der Waals surface area (Å²) in [5.74, 6) is 0.759. The molecule has 4 heteroatoms. The molecule has 0 bridgehead atoms. The highest BCUT2D eigenvalue weighted by atomic mass is 16.1. The Kier molecular flexibility index (Phi) is 3.52. The van der Waals surface area contributed by atoms with Gasteiger partial charge in [-0.1, -0.05) is 18.2 Å². The van der Waals surface area contributed by atoms with E-state index in [9.17, 15) is 4.79 Å². The van der Waals surface area contributed by atoms with Crippen LogP contribution >= 0.6 is 0 Å². The average Bonchev–Trinajstić information content (AvgIpc) is 2.51. The van der Waals surface area contributed by atoms with Crippen molar-refractivity contribution < 1.29 is 4.79 Å². The summed E-state index contributed by atoms with van der Waals surface area (Å²) in [6.45, 7) is 1.85. The third-order valence-corrected chi connectivity index (χ3v) is 3.67. The van der Waals surface area contributed by atoms with Gasteiger partial charge in [-0.2, -0.15) is 0 Å². The van der Waals surface area contributed by atoms with Crippen molar-refractivity contribution in [2.45, 2.75) is 19.8 Å². The minimum absolute atomic E-state index is 0.0408. The molecule has 21 heavy (non-hydrogen) atoms. The zero-order valence-electron chi connectivity index (χ0n) is 12.2. The zero-order chi connectivity index (χ0) is 14.8. The number of carbonyl (C=O) groups excluding carboxylic acids is 1. The predicted molar refractivity (Wildman–Crippen MR) is 82.3 cm³/mol. The molecule has 0 amide bonds. The highest BCUT2D eigenvalue weighted by Crippen LogP contribution is 2.24. The van der Waals surface area contributed by atoms with Gasteiger partial charge in [-0.3, -0.25) is 4.79 Å². The molecule has 1 aromatic heterocycles. The number of para-hydroxylation sites is 1. The molecule has 4 nitrogen and oxygen atoms in total. The van der Waals surface area contributed by atoms with E-state index in [4.69, 9.17) is 0 Å². The van der Waals surface area contributed by atoms with Gasteiger partial charge in [0.1, 0.15) is 5.82 Å². The van der Waals surface area contributed by atoms with E-state index in [0.717, 1.165) is 35.6 Å². The lowest BCUT2D eigenvalue weighted by Crippen LogP contribution is -2.20. The van der Waals surface area contributed by atoms with Gasteiger partial charge < -0.3 is 4.90 Å². The topological polar surface area (TPSA) is 46.1 Å². The number of nitrogens with zero attached hydrogens (tertiary/aromatic N) is 3. The van der Waals surface area contributed by atoms with Crippen LogP contribution in [-0.4, -0.2) is 22.8 Å². The monoisotopic (exact) mass is 279 g/mol. The highest BCUT2D eigenvalue weighted by molar-refractivity contribution is 6.10. The molecule has 0 radical (unpaired) electrons. The number of aryl methyl sites for hydroxylation is 2. The fourth-order valence-electron chi connectivity index (χ4n) is 2.53. The molecule has 0 spiro atoms. The summed E-state index contributed by atoms with van der Waals surface area (Å²) >= 11 is 0. The van der Waals surface area contributed by atoms with Crippen LogP contribution in [0.1, 0.15) is 28.3 Å². The third kappa shape index (κ3) is 2.70. The van der Waals surface area contributed by atoms with Gasteiger partial charge in [0.05, 0.1) is 11.3 Å². The van der Waals surface area contributed by atoms with Crippen molar-refractivity contribution in [2.75, 3.05) is 11.9 Å². The van der Waals surface area contributed by atoms with Gasteiger partial charge in [0.15, 0.2) is 5.78 Å². The lowest BCUT2D eigenvalue weighted by Gasteiger charge is -2.20.